The lowest BCUT2D eigenvalue weighted by Gasteiger charge is -2.37. The summed E-state index contributed by atoms with van der Waals surface area (Å²) in [5, 5.41) is 3.26. The summed E-state index contributed by atoms with van der Waals surface area (Å²) in [6.45, 7) is 3.76. The molecule has 2 nitrogen and oxygen atoms in total. The van der Waals surface area contributed by atoms with Crippen molar-refractivity contribution in [3.63, 3.8) is 0 Å². The third-order valence-electron chi connectivity index (χ3n) is 3.84. The molecule has 0 amide bonds. The van der Waals surface area contributed by atoms with Crippen molar-refractivity contribution >= 4 is 0 Å². The summed E-state index contributed by atoms with van der Waals surface area (Å²) in [5.41, 5.74) is 0.451. The Labute approximate surface area is 107 Å². The van der Waals surface area contributed by atoms with E-state index < -0.39 is 11.6 Å². The van der Waals surface area contributed by atoms with Gasteiger partial charge in [-0.3, -0.25) is 4.90 Å². The van der Waals surface area contributed by atoms with Gasteiger partial charge >= 0.3 is 0 Å². The van der Waals surface area contributed by atoms with Gasteiger partial charge in [0.1, 0.15) is 0 Å². The van der Waals surface area contributed by atoms with E-state index in [9.17, 15) is 8.78 Å². The van der Waals surface area contributed by atoms with Gasteiger partial charge in [-0.15, -0.1) is 0 Å². The molecule has 18 heavy (non-hydrogen) atoms. The molecule has 0 aliphatic carbocycles. The van der Waals surface area contributed by atoms with Crippen LogP contribution in [0.1, 0.15) is 31.4 Å². The fourth-order valence-electron chi connectivity index (χ4n) is 2.63. The lowest BCUT2D eigenvalue weighted by atomic mass is 10.00. The van der Waals surface area contributed by atoms with E-state index in [1.807, 2.05) is 14.0 Å². The number of rotatable bonds is 3. The van der Waals surface area contributed by atoms with Crippen molar-refractivity contribution in [1.29, 1.82) is 0 Å². The predicted octanol–water partition coefficient (Wildman–Crippen LogP) is 2.71. The summed E-state index contributed by atoms with van der Waals surface area (Å²) < 4.78 is 27.0. The van der Waals surface area contributed by atoms with Gasteiger partial charge in [0, 0.05) is 24.2 Å². The standard InChI is InChI=1S/C14H20F2N2/c1-10(12-6-3-7-13(15)14(12)16)18-8-4-5-11(9-18)17-2/h3,6-7,10-11,17H,4-5,8-9H2,1-2H3. The lowest BCUT2D eigenvalue weighted by Crippen LogP contribution is -2.45. The van der Waals surface area contributed by atoms with Crippen molar-refractivity contribution in [3.8, 4) is 0 Å². The largest absolute Gasteiger partial charge is 0.316 e. The number of nitrogens with one attached hydrogen (secondary N) is 1. The molecule has 2 unspecified atom stereocenters. The molecule has 1 aromatic carbocycles. The zero-order valence-corrected chi connectivity index (χ0v) is 10.9. The Bertz CT molecular complexity index is 409. The zero-order chi connectivity index (χ0) is 13.1. The minimum absolute atomic E-state index is 0.0863. The van der Waals surface area contributed by atoms with Crippen molar-refractivity contribution < 1.29 is 8.78 Å². The predicted molar refractivity (Wildman–Crippen MR) is 68.4 cm³/mol. The van der Waals surface area contributed by atoms with E-state index in [4.69, 9.17) is 0 Å². The molecule has 0 spiro atoms. The van der Waals surface area contributed by atoms with Gasteiger partial charge < -0.3 is 5.32 Å². The summed E-state index contributed by atoms with van der Waals surface area (Å²) in [6, 6.07) is 4.77. The van der Waals surface area contributed by atoms with E-state index in [2.05, 4.69) is 10.2 Å². The number of benzene rings is 1. The lowest BCUT2D eigenvalue weighted by molar-refractivity contribution is 0.146. The van der Waals surface area contributed by atoms with Gasteiger partial charge in [0.25, 0.3) is 0 Å². The smallest absolute Gasteiger partial charge is 0.163 e. The van der Waals surface area contributed by atoms with Crippen LogP contribution in [0, 0.1) is 11.6 Å². The number of likely N-dealkylation sites (tertiary alicyclic amines) is 1. The van der Waals surface area contributed by atoms with Crippen molar-refractivity contribution in [3.05, 3.63) is 35.4 Å². The Morgan fingerprint density at radius 1 is 1.39 bits per heavy atom. The highest BCUT2D eigenvalue weighted by Crippen LogP contribution is 2.27. The van der Waals surface area contributed by atoms with Crippen molar-refractivity contribution in [1.82, 2.24) is 10.2 Å². The van der Waals surface area contributed by atoms with Crippen LogP contribution in [0.25, 0.3) is 0 Å². The van der Waals surface area contributed by atoms with Gasteiger partial charge in [-0.2, -0.15) is 0 Å². The van der Waals surface area contributed by atoms with E-state index in [-0.39, 0.29) is 6.04 Å². The Balaban J connectivity index is 2.15. The summed E-state index contributed by atoms with van der Waals surface area (Å²) >= 11 is 0. The van der Waals surface area contributed by atoms with Gasteiger partial charge in [0.2, 0.25) is 0 Å². The average molecular weight is 254 g/mol. The molecule has 1 N–H and O–H groups in total. The highest BCUT2D eigenvalue weighted by Gasteiger charge is 2.25. The maximum atomic E-state index is 13.8. The summed E-state index contributed by atoms with van der Waals surface area (Å²) in [7, 11) is 1.95. The molecule has 0 aromatic heterocycles. The maximum absolute atomic E-state index is 13.8. The number of piperidine rings is 1. The monoisotopic (exact) mass is 254 g/mol. The molecule has 1 aromatic rings. The van der Waals surface area contributed by atoms with Crippen LogP contribution in [0.3, 0.4) is 0 Å². The van der Waals surface area contributed by atoms with Crippen LogP contribution < -0.4 is 5.32 Å². The molecule has 0 bridgehead atoms. The second kappa shape index (κ2) is 5.76. The second-order valence-corrected chi connectivity index (χ2v) is 4.94. The first-order valence-corrected chi connectivity index (χ1v) is 6.48. The van der Waals surface area contributed by atoms with Gasteiger partial charge in [0.05, 0.1) is 0 Å². The third kappa shape index (κ3) is 2.70. The minimum Gasteiger partial charge on any atom is -0.316 e. The number of hydrogen-bond donors (Lipinski definition) is 1. The van der Waals surface area contributed by atoms with E-state index >= 15 is 0 Å². The van der Waals surface area contributed by atoms with Crippen molar-refractivity contribution in [2.45, 2.75) is 31.8 Å². The quantitative estimate of drug-likeness (QED) is 0.892. The molecule has 1 fully saturated rings. The van der Waals surface area contributed by atoms with E-state index in [1.165, 1.54) is 0 Å². The van der Waals surface area contributed by atoms with Crippen LogP contribution in [0.15, 0.2) is 18.2 Å². The Morgan fingerprint density at radius 3 is 2.89 bits per heavy atom. The number of halogens is 2. The van der Waals surface area contributed by atoms with Gasteiger partial charge in [-0.1, -0.05) is 12.1 Å². The average Bonchev–Trinajstić information content (AvgIpc) is 2.41. The van der Waals surface area contributed by atoms with Gasteiger partial charge in [-0.05, 0) is 39.4 Å². The molecule has 1 saturated heterocycles. The number of nitrogens with zero attached hydrogens (tertiary/aromatic N) is 1. The van der Waals surface area contributed by atoms with Crippen LogP contribution >= 0.6 is 0 Å². The SMILES string of the molecule is CNC1CCCN(C(C)c2cccc(F)c2F)C1. The Hall–Kier alpha value is -1.00. The normalized spacial score (nSPS) is 23.0. The fraction of sp³-hybridized carbons (Fsp3) is 0.571. The molecule has 0 saturated carbocycles. The van der Waals surface area contributed by atoms with Crippen LogP contribution in [0.2, 0.25) is 0 Å². The fourth-order valence-corrected chi connectivity index (χ4v) is 2.63. The van der Waals surface area contributed by atoms with Gasteiger partial charge in [0.15, 0.2) is 11.6 Å². The molecular weight excluding hydrogens is 234 g/mol. The topological polar surface area (TPSA) is 15.3 Å². The van der Waals surface area contributed by atoms with Crippen LogP contribution in [-0.4, -0.2) is 31.1 Å². The van der Waals surface area contributed by atoms with E-state index in [0.717, 1.165) is 32.0 Å². The first-order valence-electron chi connectivity index (χ1n) is 6.48. The highest BCUT2D eigenvalue weighted by molar-refractivity contribution is 5.22. The first kappa shape index (κ1) is 13.4. The molecule has 4 heteroatoms. The van der Waals surface area contributed by atoms with E-state index in [0.29, 0.717) is 11.6 Å². The van der Waals surface area contributed by atoms with Crippen LogP contribution in [0.4, 0.5) is 8.78 Å². The molecule has 2 rings (SSSR count). The first-order chi connectivity index (χ1) is 8.63. The van der Waals surface area contributed by atoms with Gasteiger partial charge in [-0.25, -0.2) is 8.78 Å². The van der Waals surface area contributed by atoms with Crippen molar-refractivity contribution in [2.24, 2.45) is 0 Å². The summed E-state index contributed by atoms with van der Waals surface area (Å²) in [5.74, 6) is -1.47. The van der Waals surface area contributed by atoms with Crippen molar-refractivity contribution in [2.75, 3.05) is 20.1 Å². The highest BCUT2D eigenvalue weighted by atomic mass is 19.2. The summed E-state index contributed by atoms with van der Waals surface area (Å²) in [6.07, 6.45) is 2.23. The maximum Gasteiger partial charge on any atom is 0.163 e. The van der Waals surface area contributed by atoms with E-state index in [1.54, 1.807) is 12.1 Å². The Morgan fingerprint density at radius 2 is 2.17 bits per heavy atom. The molecule has 1 aliphatic rings. The minimum atomic E-state index is -0.762. The number of likely N-dealkylation sites (N-methyl/N-ethyl adjacent to an activating group) is 1. The third-order valence-corrected chi connectivity index (χ3v) is 3.84. The molecular formula is C14H20F2N2. The molecule has 2 atom stereocenters. The van der Waals surface area contributed by atoms with Crippen LogP contribution in [-0.2, 0) is 0 Å². The number of hydrogen-bond acceptors (Lipinski definition) is 2. The van der Waals surface area contributed by atoms with Crippen LogP contribution in [0.5, 0.6) is 0 Å². The molecule has 0 radical (unpaired) electrons. The zero-order valence-electron chi connectivity index (χ0n) is 10.9. The Kier molecular flexibility index (Phi) is 4.30. The molecule has 1 heterocycles. The molecule has 100 valence electrons. The summed E-state index contributed by atoms with van der Waals surface area (Å²) in [4.78, 5) is 2.21. The second-order valence-electron chi connectivity index (χ2n) is 4.94. The molecule has 1 aliphatic heterocycles.